The standard InChI is InChI=1S/C18H14Cl2N4O/c19-16-10-22-24(12-16)11-13-5-7-14(8-6-13)18(25)23-21-9-15-3-1-2-4-17(15)20/h1-10,12H,11H2,(H,23,25). The molecule has 1 aromatic heterocycles. The van der Waals surface area contributed by atoms with Crippen molar-refractivity contribution in [3.63, 3.8) is 0 Å². The van der Waals surface area contributed by atoms with Crippen molar-refractivity contribution < 1.29 is 4.79 Å². The van der Waals surface area contributed by atoms with E-state index in [4.69, 9.17) is 23.2 Å². The maximum Gasteiger partial charge on any atom is 0.271 e. The van der Waals surface area contributed by atoms with E-state index in [9.17, 15) is 4.79 Å². The van der Waals surface area contributed by atoms with Crippen LogP contribution in [0.1, 0.15) is 21.5 Å². The number of rotatable bonds is 5. The second-order valence-electron chi connectivity index (χ2n) is 5.27. The lowest BCUT2D eigenvalue weighted by molar-refractivity contribution is 0.0955. The summed E-state index contributed by atoms with van der Waals surface area (Å²) < 4.78 is 1.73. The van der Waals surface area contributed by atoms with E-state index >= 15 is 0 Å². The highest BCUT2D eigenvalue weighted by atomic mass is 35.5. The van der Waals surface area contributed by atoms with Gasteiger partial charge in [-0.1, -0.05) is 53.5 Å². The first-order chi connectivity index (χ1) is 12.1. The van der Waals surface area contributed by atoms with E-state index in [1.807, 2.05) is 30.3 Å². The Balaban J connectivity index is 1.60. The van der Waals surface area contributed by atoms with Gasteiger partial charge >= 0.3 is 0 Å². The normalized spacial score (nSPS) is 11.0. The third-order valence-electron chi connectivity index (χ3n) is 3.44. The third kappa shape index (κ3) is 4.68. The molecule has 0 radical (unpaired) electrons. The number of hydrogen-bond acceptors (Lipinski definition) is 3. The minimum absolute atomic E-state index is 0.294. The van der Waals surface area contributed by atoms with Gasteiger partial charge in [-0.25, -0.2) is 5.43 Å². The van der Waals surface area contributed by atoms with Crippen molar-refractivity contribution in [2.75, 3.05) is 0 Å². The van der Waals surface area contributed by atoms with Gasteiger partial charge < -0.3 is 0 Å². The topological polar surface area (TPSA) is 59.3 Å². The van der Waals surface area contributed by atoms with Crippen LogP contribution >= 0.6 is 23.2 Å². The van der Waals surface area contributed by atoms with Crippen LogP contribution in [0.3, 0.4) is 0 Å². The lowest BCUT2D eigenvalue weighted by atomic mass is 10.1. The van der Waals surface area contributed by atoms with Crippen molar-refractivity contribution in [2.24, 2.45) is 5.10 Å². The van der Waals surface area contributed by atoms with Gasteiger partial charge in [0.25, 0.3) is 5.91 Å². The molecule has 0 aliphatic rings. The fourth-order valence-electron chi connectivity index (χ4n) is 2.18. The van der Waals surface area contributed by atoms with E-state index in [1.165, 1.54) is 6.21 Å². The van der Waals surface area contributed by atoms with Crippen molar-refractivity contribution in [3.8, 4) is 0 Å². The quantitative estimate of drug-likeness (QED) is 0.543. The van der Waals surface area contributed by atoms with Crippen LogP contribution in [0.4, 0.5) is 0 Å². The fraction of sp³-hybridized carbons (Fsp3) is 0.0556. The highest BCUT2D eigenvalue weighted by molar-refractivity contribution is 6.33. The van der Waals surface area contributed by atoms with Crippen LogP contribution in [0, 0.1) is 0 Å². The summed E-state index contributed by atoms with van der Waals surface area (Å²) in [5.41, 5.74) is 4.74. The number of hydrogen-bond donors (Lipinski definition) is 1. The summed E-state index contributed by atoms with van der Waals surface area (Å²) in [6, 6.07) is 14.5. The van der Waals surface area contributed by atoms with E-state index < -0.39 is 0 Å². The fourth-order valence-corrected chi connectivity index (χ4v) is 2.52. The molecule has 0 saturated heterocycles. The number of amides is 1. The van der Waals surface area contributed by atoms with E-state index in [0.717, 1.165) is 11.1 Å². The molecule has 3 aromatic rings. The number of nitrogens with one attached hydrogen (secondary N) is 1. The van der Waals surface area contributed by atoms with E-state index in [-0.39, 0.29) is 5.91 Å². The van der Waals surface area contributed by atoms with Crippen LogP contribution in [-0.2, 0) is 6.54 Å². The van der Waals surface area contributed by atoms with Gasteiger partial charge in [-0.2, -0.15) is 10.2 Å². The number of nitrogens with zero attached hydrogens (tertiary/aromatic N) is 3. The van der Waals surface area contributed by atoms with Gasteiger partial charge in [0.05, 0.1) is 24.0 Å². The van der Waals surface area contributed by atoms with Crippen LogP contribution in [0.25, 0.3) is 0 Å². The van der Waals surface area contributed by atoms with Crippen molar-refractivity contribution in [1.29, 1.82) is 0 Å². The van der Waals surface area contributed by atoms with Gasteiger partial charge in [0, 0.05) is 22.3 Å². The second-order valence-corrected chi connectivity index (χ2v) is 6.12. The monoisotopic (exact) mass is 372 g/mol. The van der Waals surface area contributed by atoms with Crippen molar-refractivity contribution in [2.45, 2.75) is 6.54 Å². The molecule has 0 aliphatic carbocycles. The zero-order valence-electron chi connectivity index (χ0n) is 13.1. The minimum atomic E-state index is -0.294. The summed E-state index contributed by atoms with van der Waals surface area (Å²) >= 11 is 11.9. The summed E-state index contributed by atoms with van der Waals surface area (Å²) in [6.07, 6.45) is 4.84. The van der Waals surface area contributed by atoms with Crippen molar-refractivity contribution in [3.05, 3.63) is 87.7 Å². The number of hydrazone groups is 1. The summed E-state index contributed by atoms with van der Waals surface area (Å²) in [5, 5.41) is 9.22. The molecular weight excluding hydrogens is 359 g/mol. The molecule has 0 atom stereocenters. The lowest BCUT2D eigenvalue weighted by Gasteiger charge is -2.04. The number of halogens is 2. The van der Waals surface area contributed by atoms with Crippen LogP contribution in [-0.4, -0.2) is 21.9 Å². The molecule has 1 heterocycles. The van der Waals surface area contributed by atoms with Crippen LogP contribution in [0.2, 0.25) is 10.0 Å². The molecule has 0 unspecified atom stereocenters. The second kappa shape index (κ2) is 7.96. The molecule has 7 heteroatoms. The van der Waals surface area contributed by atoms with Crippen LogP contribution in [0.15, 0.2) is 66.0 Å². The molecule has 25 heavy (non-hydrogen) atoms. The first-order valence-corrected chi connectivity index (χ1v) is 8.22. The average Bonchev–Trinajstić information content (AvgIpc) is 3.02. The average molecular weight is 373 g/mol. The minimum Gasteiger partial charge on any atom is -0.267 e. The Morgan fingerprint density at radius 2 is 1.92 bits per heavy atom. The Morgan fingerprint density at radius 3 is 2.60 bits per heavy atom. The first kappa shape index (κ1) is 17.2. The summed E-state index contributed by atoms with van der Waals surface area (Å²) in [5.74, 6) is -0.294. The van der Waals surface area contributed by atoms with E-state index in [1.54, 1.807) is 35.3 Å². The first-order valence-electron chi connectivity index (χ1n) is 7.46. The molecule has 0 bridgehead atoms. The van der Waals surface area contributed by atoms with Crippen molar-refractivity contribution in [1.82, 2.24) is 15.2 Å². The third-order valence-corrected chi connectivity index (χ3v) is 3.98. The summed E-state index contributed by atoms with van der Waals surface area (Å²) in [4.78, 5) is 12.1. The Bertz CT molecular complexity index is 903. The lowest BCUT2D eigenvalue weighted by Crippen LogP contribution is -2.17. The molecule has 0 fully saturated rings. The number of carbonyl (C=O) groups excluding carboxylic acids is 1. The molecule has 2 aromatic carbocycles. The maximum absolute atomic E-state index is 12.1. The Hall–Kier alpha value is -2.63. The summed E-state index contributed by atoms with van der Waals surface area (Å²) in [7, 11) is 0. The Morgan fingerprint density at radius 1 is 1.16 bits per heavy atom. The molecule has 1 amide bonds. The number of benzene rings is 2. The van der Waals surface area contributed by atoms with Crippen LogP contribution in [0.5, 0.6) is 0 Å². The number of aromatic nitrogens is 2. The molecule has 1 N–H and O–H groups in total. The Kier molecular flexibility index (Phi) is 5.48. The van der Waals surface area contributed by atoms with Gasteiger partial charge in [0.2, 0.25) is 0 Å². The predicted molar refractivity (Wildman–Crippen MR) is 99.3 cm³/mol. The SMILES string of the molecule is O=C(NN=Cc1ccccc1Cl)c1ccc(Cn2cc(Cl)cn2)cc1. The number of carbonyl (C=O) groups is 1. The Labute approximate surface area is 154 Å². The smallest absolute Gasteiger partial charge is 0.267 e. The molecule has 126 valence electrons. The zero-order chi connectivity index (χ0) is 17.6. The summed E-state index contributed by atoms with van der Waals surface area (Å²) in [6.45, 7) is 0.583. The highest BCUT2D eigenvalue weighted by Gasteiger charge is 2.05. The molecule has 0 aliphatic heterocycles. The molecule has 5 nitrogen and oxygen atoms in total. The van der Waals surface area contributed by atoms with E-state index in [0.29, 0.717) is 22.2 Å². The highest BCUT2D eigenvalue weighted by Crippen LogP contribution is 2.12. The van der Waals surface area contributed by atoms with Gasteiger partial charge in [0.1, 0.15) is 0 Å². The molecule has 3 rings (SSSR count). The maximum atomic E-state index is 12.1. The molecule has 0 spiro atoms. The van der Waals surface area contributed by atoms with E-state index in [2.05, 4.69) is 15.6 Å². The predicted octanol–water partition coefficient (Wildman–Crippen LogP) is 4.00. The van der Waals surface area contributed by atoms with Crippen molar-refractivity contribution >= 4 is 35.3 Å². The van der Waals surface area contributed by atoms with Gasteiger partial charge in [-0.15, -0.1) is 0 Å². The zero-order valence-corrected chi connectivity index (χ0v) is 14.6. The van der Waals surface area contributed by atoms with Gasteiger partial charge in [-0.3, -0.25) is 9.48 Å². The van der Waals surface area contributed by atoms with Gasteiger partial charge in [0.15, 0.2) is 0 Å². The largest absolute Gasteiger partial charge is 0.271 e. The molecular formula is C18H14Cl2N4O. The van der Waals surface area contributed by atoms with Crippen LogP contribution < -0.4 is 5.43 Å². The molecule has 0 saturated carbocycles. The van der Waals surface area contributed by atoms with Gasteiger partial charge in [-0.05, 0) is 23.8 Å².